The number of nitrogens with zero attached hydrogens (tertiary/aromatic N) is 3. The van der Waals surface area contributed by atoms with Gasteiger partial charge in [-0.2, -0.15) is 0 Å². The molecule has 8 rings (SSSR count). The van der Waals surface area contributed by atoms with E-state index in [9.17, 15) is 15.0 Å². The summed E-state index contributed by atoms with van der Waals surface area (Å²) < 4.78 is 21.0. The number of ether oxygens (including phenoxy) is 3. The predicted octanol–water partition coefficient (Wildman–Crippen LogP) is 7.24. The molecular formula is C47H59N3O7. The molecule has 0 radical (unpaired) electrons. The van der Waals surface area contributed by atoms with Crippen LogP contribution in [0.15, 0.2) is 90.1 Å². The Morgan fingerprint density at radius 2 is 1.82 bits per heavy atom. The quantitative estimate of drug-likeness (QED) is 0.0535. The lowest BCUT2D eigenvalue weighted by atomic mass is 9.55. The monoisotopic (exact) mass is 777 g/mol. The van der Waals surface area contributed by atoms with Gasteiger partial charge in [0.25, 0.3) is 0 Å². The first kappa shape index (κ1) is 39.6. The van der Waals surface area contributed by atoms with E-state index in [1.165, 1.54) is 0 Å². The minimum absolute atomic E-state index is 0.0528. The Hall–Kier alpha value is -4.22. The number of hydrogen-bond acceptors (Lipinski definition) is 9. The van der Waals surface area contributed by atoms with Gasteiger partial charge in [0.2, 0.25) is 11.7 Å². The number of carbonyl (C=O) groups is 1. The van der Waals surface area contributed by atoms with Crippen molar-refractivity contribution in [1.82, 2.24) is 9.80 Å². The second kappa shape index (κ2) is 17.7. The van der Waals surface area contributed by atoms with E-state index >= 15 is 0 Å². The fourth-order valence-electron chi connectivity index (χ4n) is 9.96. The van der Waals surface area contributed by atoms with Gasteiger partial charge >= 0.3 is 0 Å². The topological polar surface area (TPSA) is 113 Å². The number of carbonyl (C=O) groups excluding carboxylic acids is 1. The first-order valence-corrected chi connectivity index (χ1v) is 21.2. The van der Waals surface area contributed by atoms with Crippen molar-refractivity contribution in [1.29, 1.82) is 0 Å². The van der Waals surface area contributed by atoms with Gasteiger partial charge in [0.1, 0.15) is 31.3 Å². The smallest absolute Gasteiger partial charge is 0.239 e. The van der Waals surface area contributed by atoms with Crippen LogP contribution in [0.4, 0.5) is 0 Å². The van der Waals surface area contributed by atoms with E-state index in [4.69, 9.17) is 24.2 Å². The molecule has 57 heavy (non-hydrogen) atoms. The number of fused-ring (bicyclic) bond motifs is 3. The van der Waals surface area contributed by atoms with Crippen LogP contribution in [0.25, 0.3) is 10.8 Å². The van der Waals surface area contributed by atoms with Crippen molar-refractivity contribution in [3.63, 3.8) is 0 Å². The molecule has 3 fully saturated rings. The van der Waals surface area contributed by atoms with Crippen molar-refractivity contribution >= 4 is 22.4 Å². The molecule has 3 aromatic carbocycles. The molecule has 3 aliphatic carbocycles. The third kappa shape index (κ3) is 8.24. The maximum atomic E-state index is 14.9. The molecule has 3 aromatic rings. The largest absolute Gasteiger partial charge is 0.492 e. The van der Waals surface area contributed by atoms with Crippen molar-refractivity contribution in [2.45, 2.75) is 82.1 Å². The van der Waals surface area contributed by atoms with Gasteiger partial charge in [-0.25, -0.2) is 0 Å². The molecule has 10 nitrogen and oxygen atoms in total. The predicted molar refractivity (Wildman–Crippen MR) is 221 cm³/mol. The zero-order chi connectivity index (χ0) is 39.4. The molecule has 0 aromatic heterocycles. The molecule has 10 heteroatoms. The molecule has 0 spiro atoms. The van der Waals surface area contributed by atoms with Gasteiger partial charge in [-0.1, -0.05) is 72.6 Å². The Morgan fingerprint density at radius 3 is 2.58 bits per heavy atom. The molecule has 6 atom stereocenters. The fourth-order valence-corrected chi connectivity index (χ4v) is 9.96. The third-order valence-corrected chi connectivity index (χ3v) is 12.9. The summed E-state index contributed by atoms with van der Waals surface area (Å²) in [5.74, 6) is 0.197. The minimum atomic E-state index is -1.29. The maximum absolute atomic E-state index is 14.9. The summed E-state index contributed by atoms with van der Waals surface area (Å²) in [6, 6.07) is 20.3. The Balaban J connectivity index is 1.31. The molecule has 2 N–H and O–H groups in total. The average Bonchev–Trinajstić information content (AvgIpc) is 4.17. The van der Waals surface area contributed by atoms with Crippen LogP contribution in [0.1, 0.15) is 74.8 Å². The number of benzene rings is 3. The van der Waals surface area contributed by atoms with E-state index < -0.39 is 11.8 Å². The number of aliphatic hydroxyl groups excluding tert-OH is 2. The Kier molecular flexibility index (Phi) is 12.3. The van der Waals surface area contributed by atoms with Gasteiger partial charge in [0, 0.05) is 63.2 Å². The first-order valence-electron chi connectivity index (χ1n) is 21.2. The molecule has 1 saturated heterocycles. The zero-order valence-electron chi connectivity index (χ0n) is 33.4. The third-order valence-electron chi connectivity index (χ3n) is 12.9. The highest BCUT2D eigenvalue weighted by molar-refractivity contribution is 6.03. The molecule has 0 unspecified atom stereocenters. The van der Waals surface area contributed by atoms with Crippen molar-refractivity contribution in [3.05, 3.63) is 96.1 Å². The second-order valence-electron chi connectivity index (χ2n) is 16.5. The van der Waals surface area contributed by atoms with Crippen LogP contribution in [0, 0.1) is 23.7 Å². The SMILES string of the molecule is C=CCO[C@@]12Oc3ccc(OCCN4CC4)cc3[C@H]3[C@H](CCCCO)[C@@H](CCCCO)C=C(C(=NOC)C[C@@H]1N(Cc1cccc4ccccc14)C(=O)C1CC1)[C@H]32. The summed E-state index contributed by atoms with van der Waals surface area (Å²) in [7, 11) is 1.59. The Bertz CT molecular complexity index is 1950. The van der Waals surface area contributed by atoms with E-state index in [-0.39, 0.29) is 55.3 Å². The van der Waals surface area contributed by atoms with Gasteiger partial charge in [-0.05, 0) is 90.5 Å². The molecule has 0 bridgehead atoms. The van der Waals surface area contributed by atoms with Crippen LogP contribution in [0.5, 0.6) is 11.5 Å². The van der Waals surface area contributed by atoms with Gasteiger partial charge in [0.15, 0.2) is 0 Å². The average molecular weight is 778 g/mol. The van der Waals surface area contributed by atoms with Crippen LogP contribution >= 0.6 is 0 Å². The van der Waals surface area contributed by atoms with Crippen molar-refractivity contribution in [2.24, 2.45) is 28.8 Å². The lowest BCUT2D eigenvalue weighted by molar-refractivity contribution is -0.258. The highest BCUT2D eigenvalue weighted by atomic mass is 16.7. The number of unbranched alkanes of at least 4 members (excludes halogenated alkanes) is 2. The number of rotatable bonds is 20. The number of oxime groups is 1. The van der Waals surface area contributed by atoms with Gasteiger partial charge in [-0.3, -0.25) is 9.69 Å². The van der Waals surface area contributed by atoms with Gasteiger partial charge < -0.3 is 34.2 Å². The van der Waals surface area contributed by atoms with Crippen LogP contribution in [-0.2, 0) is 20.9 Å². The Morgan fingerprint density at radius 1 is 1.04 bits per heavy atom. The van der Waals surface area contributed by atoms with Crippen LogP contribution in [0.2, 0.25) is 0 Å². The number of allylic oxidation sites excluding steroid dienone is 1. The van der Waals surface area contributed by atoms with Crippen molar-refractivity contribution in [3.8, 4) is 11.5 Å². The number of amides is 1. The van der Waals surface area contributed by atoms with E-state index in [2.05, 4.69) is 60.0 Å². The highest BCUT2D eigenvalue weighted by Gasteiger charge is 2.66. The maximum Gasteiger partial charge on any atom is 0.239 e. The van der Waals surface area contributed by atoms with Crippen LogP contribution in [-0.4, -0.2) is 96.6 Å². The van der Waals surface area contributed by atoms with E-state index in [1.807, 2.05) is 23.1 Å². The summed E-state index contributed by atoms with van der Waals surface area (Å²) >= 11 is 0. The molecular weight excluding hydrogens is 719 g/mol. The van der Waals surface area contributed by atoms with Crippen LogP contribution in [0.3, 0.4) is 0 Å². The standard InChI is InChI=1S/C47H59N3O7/c1-3-26-56-47-43(50(46(53)33-17-18-33)31-35-14-10-13-32-11-4-5-15-37(32)35)30-41(48-54-2)39-28-34(12-6-8-24-51)38(16-7-9-25-52)44(45(39)47)40-29-36(19-20-42(40)57-47)55-27-23-49-21-22-49/h3-5,10-11,13-15,19-20,28-29,33-34,38,43-45,51-52H,1,6-9,12,16-18,21-27,30-31H2,2H3/t34-,38+,43-,44+,45+,47+/m0/s1. The molecule has 2 aliphatic heterocycles. The Labute approximate surface area is 337 Å². The second-order valence-corrected chi connectivity index (χ2v) is 16.5. The van der Waals surface area contributed by atoms with Gasteiger partial charge in [-0.15, -0.1) is 6.58 Å². The first-order chi connectivity index (χ1) is 28.0. The van der Waals surface area contributed by atoms with E-state index in [1.54, 1.807) is 13.2 Å². The summed E-state index contributed by atoms with van der Waals surface area (Å²) in [6.45, 7) is 8.71. The van der Waals surface area contributed by atoms with Crippen LogP contribution < -0.4 is 9.47 Å². The zero-order valence-corrected chi connectivity index (χ0v) is 33.4. The van der Waals surface area contributed by atoms with Crippen molar-refractivity contribution < 1.29 is 34.1 Å². The summed E-state index contributed by atoms with van der Waals surface area (Å²) in [5.41, 5.74) is 3.98. The molecule has 304 valence electrons. The normalized spacial score (nSPS) is 26.9. The molecule has 2 saturated carbocycles. The highest BCUT2D eigenvalue weighted by Crippen LogP contribution is 2.62. The van der Waals surface area contributed by atoms with Gasteiger partial charge in [0.05, 0.1) is 18.2 Å². The number of hydrogen-bond donors (Lipinski definition) is 2. The molecule has 1 amide bonds. The molecule has 2 heterocycles. The van der Waals surface area contributed by atoms with E-state index in [0.717, 1.165) is 109 Å². The lowest BCUT2D eigenvalue weighted by Crippen LogP contribution is -2.70. The lowest BCUT2D eigenvalue weighted by Gasteiger charge is -2.60. The summed E-state index contributed by atoms with van der Waals surface area (Å²) in [6.07, 6.45) is 11.2. The summed E-state index contributed by atoms with van der Waals surface area (Å²) in [4.78, 5) is 24.9. The fraction of sp³-hybridized carbons (Fsp3) is 0.532. The molecule has 5 aliphatic rings. The minimum Gasteiger partial charge on any atom is -0.492 e. The van der Waals surface area contributed by atoms with Crippen molar-refractivity contribution in [2.75, 3.05) is 53.2 Å². The summed E-state index contributed by atoms with van der Waals surface area (Å²) in [5, 5.41) is 26.8. The number of aliphatic hydroxyl groups is 2. The van der Waals surface area contributed by atoms with E-state index in [0.29, 0.717) is 26.0 Å².